The van der Waals surface area contributed by atoms with E-state index in [1.165, 1.54) is 57.8 Å². The van der Waals surface area contributed by atoms with Gasteiger partial charge >= 0.3 is 15.9 Å². The van der Waals surface area contributed by atoms with E-state index in [0.29, 0.717) is 17.7 Å². The van der Waals surface area contributed by atoms with Crippen LogP contribution in [0.2, 0.25) is 0 Å². The number of benzene rings is 2. The normalized spacial score (nSPS) is 11.5. The van der Waals surface area contributed by atoms with Gasteiger partial charge in [-0.15, -0.1) is 0 Å². The largest absolute Gasteiger partial charge is 0.495 e. The van der Waals surface area contributed by atoms with Crippen molar-refractivity contribution in [2.75, 3.05) is 12.3 Å². The molecule has 2 aromatic carbocycles. The number of hydrogen-bond donors (Lipinski definition) is 4. The van der Waals surface area contributed by atoms with Crippen LogP contribution in [-0.4, -0.2) is 31.9 Å². The zero-order valence-corrected chi connectivity index (χ0v) is 25.4. The predicted octanol–water partition coefficient (Wildman–Crippen LogP) is 9.13. The Morgan fingerprint density at radius 1 is 0.474 bits per heavy atom. The topological polar surface area (TPSA) is 99.4 Å². The molecule has 38 heavy (non-hydrogen) atoms. The van der Waals surface area contributed by atoms with Gasteiger partial charge in [-0.2, -0.15) is 19.6 Å². The Morgan fingerprint density at radius 2 is 0.816 bits per heavy atom. The lowest BCUT2D eigenvalue weighted by atomic mass is 10.1. The summed E-state index contributed by atoms with van der Waals surface area (Å²) in [6.07, 6.45) is 17.0. The van der Waals surface area contributed by atoms with Crippen LogP contribution in [0.5, 0.6) is 11.5 Å². The highest BCUT2D eigenvalue weighted by Gasteiger charge is 2.43. The lowest BCUT2D eigenvalue weighted by molar-refractivity contribution is 0.328. The average Bonchev–Trinajstić information content (AvgIpc) is 2.88. The van der Waals surface area contributed by atoms with E-state index in [0.717, 1.165) is 32.1 Å². The first kappa shape index (κ1) is 34.8. The Labute approximate surface area is 232 Å². The molecule has 2 aromatic rings. The van der Waals surface area contributed by atoms with Crippen molar-refractivity contribution in [2.24, 2.45) is 0 Å². The summed E-state index contributed by atoms with van der Waals surface area (Å²) in [5.41, 5.74) is 0. The molecule has 0 atom stereocenters. The standard InChI is InChI=1S/C20H28O3P.C10H24O3P/c1-2-3-4-5-6-13-18-24(21,22-19-14-9-7-10-15-19)23-20-16-11-8-12-17-20;1-2-3-4-5-6-7-8-9-10-14(11,12)13/h7-12,14-17,21H,2-6,13,18H2,1H3;11-13H,2-10H2,1H3/q2*+1. The van der Waals surface area contributed by atoms with Crippen molar-refractivity contribution >= 4 is 15.9 Å². The number of para-hydroxylation sites is 2. The van der Waals surface area contributed by atoms with Crippen LogP contribution in [0.3, 0.4) is 0 Å². The first-order valence-corrected chi connectivity index (χ1v) is 18.0. The Bertz CT molecular complexity index is 745. The van der Waals surface area contributed by atoms with Gasteiger partial charge < -0.3 is 0 Å². The Morgan fingerprint density at radius 3 is 1.18 bits per heavy atom. The highest BCUT2D eigenvalue weighted by Crippen LogP contribution is 2.56. The van der Waals surface area contributed by atoms with E-state index in [1.54, 1.807) is 0 Å². The van der Waals surface area contributed by atoms with Crippen molar-refractivity contribution < 1.29 is 28.6 Å². The van der Waals surface area contributed by atoms with Crippen LogP contribution in [-0.2, 0) is 0 Å². The van der Waals surface area contributed by atoms with E-state index in [-0.39, 0.29) is 6.16 Å². The summed E-state index contributed by atoms with van der Waals surface area (Å²) in [5, 5.41) is 0. The molecule has 0 bridgehead atoms. The number of rotatable bonds is 20. The molecule has 0 unspecified atom stereocenters. The van der Waals surface area contributed by atoms with E-state index >= 15 is 0 Å². The molecule has 0 fully saturated rings. The monoisotopic (exact) mass is 570 g/mol. The minimum absolute atomic E-state index is 0.169. The van der Waals surface area contributed by atoms with Gasteiger partial charge in [0.25, 0.3) is 0 Å². The molecule has 6 nitrogen and oxygen atoms in total. The fourth-order valence-electron chi connectivity index (χ4n) is 3.95. The molecule has 0 spiro atoms. The Balaban J connectivity index is 0.000000442. The summed E-state index contributed by atoms with van der Waals surface area (Å²) in [7, 11) is -6.45. The molecule has 8 heteroatoms. The summed E-state index contributed by atoms with van der Waals surface area (Å²) in [5.74, 6) is 1.30. The molecule has 0 radical (unpaired) electrons. The molecule has 0 saturated carbocycles. The van der Waals surface area contributed by atoms with Crippen LogP contribution < -0.4 is 9.05 Å². The third-order valence-corrected chi connectivity index (χ3v) is 8.88. The van der Waals surface area contributed by atoms with E-state index in [1.807, 2.05) is 60.7 Å². The molecule has 0 heterocycles. The zero-order valence-electron chi connectivity index (χ0n) is 23.6. The van der Waals surface area contributed by atoms with Crippen LogP contribution in [0.1, 0.15) is 104 Å². The molecule has 0 saturated heterocycles. The second-order valence-electron chi connectivity index (χ2n) is 9.83. The minimum atomic E-state index is -3.48. The van der Waals surface area contributed by atoms with Gasteiger partial charge in [-0.25, -0.2) is 0 Å². The van der Waals surface area contributed by atoms with Gasteiger partial charge in [-0.05, 0) is 49.9 Å². The van der Waals surface area contributed by atoms with E-state index in [4.69, 9.17) is 23.7 Å². The Hall–Kier alpha value is -1.26. The molecule has 0 aromatic heterocycles. The maximum Gasteiger partial charge on any atom is 0.495 e. The van der Waals surface area contributed by atoms with Crippen molar-refractivity contribution in [3.63, 3.8) is 0 Å². The van der Waals surface area contributed by atoms with Crippen molar-refractivity contribution in [1.82, 2.24) is 0 Å². The van der Waals surface area contributed by atoms with Crippen LogP contribution >= 0.6 is 15.9 Å². The summed E-state index contributed by atoms with van der Waals surface area (Å²) in [4.78, 5) is 37.1. The average molecular weight is 571 g/mol. The van der Waals surface area contributed by atoms with Crippen LogP contribution in [0.25, 0.3) is 0 Å². The molecular formula is C30H52O6P2+2. The zero-order chi connectivity index (χ0) is 28.0. The van der Waals surface area contributed by atoms with Gasteiger partial charge in [-0.1, -0.05) is 114 Å². The highest BCUT2D eigenvalue weighted by molar-refractivity contribution is 7.61. The Kier molecular flexibility index (Phi) is 19.7. The second-order valence-corrected chi connectivity index (χ2v) is 13.7. The lowest BCUT2D eigenvalue weighted by Crippen LogP contribution is -2.12. The van der Waals surface area contributed by atoms with Crippen molar-refractivity contribution in [3.8, 4) is 11.5 Å². The molecule has 216 valence electrons. The van der Waals surface area contributed by atoms with Crippen LogP contribution in [0.15, 0.2) is 60.7 Å². The first-order valence-electron chi connectivity index (χ1n) is 14.4. The van der Waals surface area contributed by atoms with E-state index < -0.39 is 15.9 Å². The summed E-state index contributed by atoms with van der Waals surface area (Å²) in [6, 6.07) is 18.8. The van der Waals surface area contributed by atoms with Gasteiger partial charge in [-0.3, -0.25) is 9.05 Å². The van der Waals surface area contributed by atoms with Crippen molar-refractivity contribution in [3.05, 3.63) is 60.7 Å². The van der Waals surface area contributed by atoms with Gasteiger partial charge in [0.2, 0.25) is 0 Å². The van der Waals surface area contributed by atoms with Crippen molar-refractivity contribution in [2.45, 2.75) is 104 Å². The summed E-state index contributed by atoms with van der Waals surface area (Å²) < 4.78 is 11.8. The van der Waals surface area contributed by atoms with Gasteiger partial charge in [0.1, 0.15) is 6.16 Å². The SMILES string of the molecule is CCCCCCCCCC[P+](O)(O)O.CCCCCCCC[P+](O)(Oc1ccccc1)Oc1ccccc1. The first-order chi connectivity index (χ1) is 18.3. The maximum absolute atomic E-state index is 11.0. The molecule has 2 rings (SSSR count). The van der Waals surface area contributed by atoms with Crippen LogP contribution in [0.4, 0.5) is 0 Å². The van der Waals surface area contributed by atoms with Gasteiger partial charge in [0, 0.05) is 0 Å². The molecule has 0 amide bonds. The number of hydrogen-bond acceptors (Lipinski definition) is 6. The van der Waals surface area contributed by atoms with Crippen molar-refractivity contribution in [1.29, 1.82) is 0 Å². The molecule has 4 N–H and O–H groups in total. The maximum atomic E-state index is 11.0. The van der Waals surface area contributed by atoms with Gasteiger partial charge in [0.05, 0.1) is 0 Å². The van der Waals surface area contributed by atoms with Gasteiger partial charge in [0.15, 0.2) is 17.7 Å². The molecule has 0 aliphatic heterocycles. The fourth-order valence-corrected chi connectivity index (χ4v) is 6.35. The van der Waals surface area contributed by atoms with E-state index in [9.17, 15) is 4.89 Å². The molecule has 0 aliphatic carbocycles. The van der Waals surface area contributed by atoms with E-state index in [2.05, 4.69) is 13.8 Å². The molecule has 0 aliphatic rings. The fraction of sp³-hybridized carbons (Fsp3) is 0.600. The number of unbranched alkanes of at least 4 members (excludes halogenated alkanes) is 12. The summed E-state index contributed by atoms with van der Waals surface area (Å²) in [6.45, 7) is 4.42. The second kappa shape index (κ2) is 21.5. The predicted molar refractivity (Wildman–Crippen MR) is 163 cm³/mol. The summed E-state index contributed by atoms with van der Waals surface area (Å²) >= 11 is 0. The third kappa shape index (κ3) is 19.8. The highest BCUT2D eigenvalue weighted by atomic mass is 31.2. The van der Waals surface area contributed by atoms with Crippen LogP contribution in [0, 0.1) is 0 Å². The minimum Gasteiger partial charge on any atom is -0.278 e. The molecular weight excluding hydrogens is 518 g/mol. The smallest absolute Gasteiger partial charge is 0.278 e. The lowest BCUT2D eigenvalue weighted by Gasteiger charge is -2.18. The third-order valence-electron chi connectivity index (χ3n) is 6.09. The quantitative estimate of drug-likeness (QED) is 0.0936.